The second kappa shape index (κ2) is 8.79. The van der Waals surface area contributed by atoms with E-state index in [9.17, 15) is 14.7 Å². The van der Waals surface area contributed by atoms with Crippen molar-refractivity contribution in [2.75, 3.05) is 0 Å². The minimum absolute atomic E-state index is 0.0773. The van der Waals surface area contributed by atoms with Crippen LogP contribution in [0.25, 0.3) is 0 Å². The number of allylic oxidation sites excluding steroid dienone is 2. The molecule has 4 heteroatoms. The molecular formula is C23H43NO3. The minimum Gasteiger partial charge on any atom is -0.480 e. The molecule has 4 nitrogen and oxygen atoms in total. The molecule has 0 spiro atoms. The Kier molecular flexibility index (Phi) is 8.36. The van der Waals surface area contributed by atoms with Crippen LogP contribution in [0.3, 0.4) is 0 Å². The smallest absolute Gasteiger partial charge is 0.326 e. The van der Waals surface area contributed by atoms with Crippen LogP contribution in [0.15, 0.2) is 12.2 Å². The van der Waals surface area contributed by atoms with Crippen molar-refractivity contribution in [3.05, 3.63) is 12.2 Å². The lowest BCUT2D eigenvalue weighted by Gasteiger charge is -2.35. The Morgan fingerprint density at radius 3 is 1.59 bits per heavy atom. The van der Waals surface area contributed by atoms with E-state index in [0.29, 0.717) is 6.42 Å². The Hall–Kier alpha value is -1.32. The van der Waals surface area contributed by atoms with Crippen molar-refractivity contribution in [3.63, 3.8) is 0 Å². The standard InChI is InChI=1S/C23H43NO3/c1-16(2)17(18(25)26)24-19(27)23(10,11)15-22(8,9)13-12-21(6,7)14-20(3,4)5/h12-13,16-17H,14-15H2,1-11H3,(H,24,27)(H,25,26). The van der Waals surface area contributed by atoms with Crippen molar-refractivity contribution in [1.29, 1.82) is 0 Å². The molecule has 0 aromatic heterocycles. The largest absolute Gasteiger partial charge is 0.480 e. The second-order valence-corrected chi connectivity index (χ2v) is 11.6. The topological polar surface area (TPSA) is 66.4 Å². The van der Waals surface area contributed by atoms with Gasteiger partial charge in [-0.05, 0) is 35.0 Å². The molecule has 0 aromatic carbocycles. The van der Waals surface area contributed by atoms with Crippen LogP contribution in [0.4, 0.5) is 0 Å². The fourth-order valence-corrected chi connectivity index (χ4v) is 4.01. The fraction of sp³-hybridized carbons (Fsp3) is 0.826. The molecule has 2 N–H and O–H groups in total. The monoisotopic (exact) mass is 381 g/mol. The lowest BCUT2D eigenvalue weighted by Crippen LogP contribution is -2.49. The number of carboxylic acids is 1. The van der Waals surface area contributed by atoms with Crippen molar-refractivity contribution in [2.24, 2.45) is 27.6 Å². The average molecular weight is 382 g/mol. The molecule has 0 saturated carbocycles. The van der Waals surface area contributed by atoms with Crippen molar-refractivity contribution >= 4 is 11.9 Å². The van der Waals surface area contributed by atoms with Gasteiger partial charge in [-0.2, -0.15) is 0 Å². The Balaban J connectivity index is 5.21. The summed E-state index contributed by atoms with van der Waals surface area (Å²) in [6, 6.07) is -0.860. The van der Waals surface area contributed by atoms with Gasteiger partial charge in [-0.1, -0.05) is 88.3 Å². The quantitative estimate of drug-likeness (QED) is 0.505. The summed E-state index contributed by atoms with van der Waals surface area (Å²) in [6.07, 6.45) is 6.19. The highest BCUT2D eigenvalue weighted by Gasteiger charge is 2.36. The number of hydrogen-bond donors (Lipinski definition) is 2. The Bertz CT molecular complexity index is 548. The summed E-state index contributed by atoms with van der Waals surface area (Å²) in [4.78, 5) is 24.1. The molecule has 0 bridgehead atoms. The van der Waals surface area contributed by atoms with Crippen LogP contribution in [0.1, 0.15) is 89.0 Å². The number of nitrogens with one attached hydrogen (secondary N) is 1. The summed E-state index contributed by atoms with van der Waals surface area (Å²) in [5, 5.41) is 12.1. The lowest BCUT2D eigenvalue weighted by atomic mass is 9.71. The third kappa shape index (κ3) is 9.97. The first-order chi connectivity index (χ1) is 11.8. The number of amides is 1. The van der Waals surface area contributed by atoms with Crippen LogP contribution >= 0.6 is 0 Å². The number of carbonyl (C=O) groups excluding carboxylic acids is 1. The Labute approximate surface area is 167 Å². The van der Waals surface area contributed by atoms with Gasteiger partial charge in [0.05, 0.1) is 0 Å². The zero-order valence-electron chi connectivity index (χ0n) is 19.5. The van der Waals surface area contributed by atoms with Gasteiger partial charge in [0, 0.05) is 5.41 Å². The molecule has 1 atom stereocenters. The first kappa shape index (κ1) is 25.7. The third-order valence-corrected chi connectivity index (χ3v) is 4.70. The molecule has 1 amide bonds. The van der Waals surface area contributed by atoms with Gasteiger partial charge in [0.25, 0.3) is 0 Å². The maximum absolute atomic E-state index is 12.8. The van der Waals surface area contributed by atoms with Crippen LogP contribution < -0.4 is 5.32 Å². The van der Waals surface area contributed by atoms with E-state index in [-0.39, 0.29) is 28.1 Å². The van der Waals surface area contributed by atoms with E-state index in [2.05, 4.69) is 65.9 Å². The predicted molar refractivity (Wildman–Crippen MR) is 114 cm³/mol. The zero-order chi connectivity index (χ0) is 21.8. The van der Waals surface area contributed by atoms with E-state index in [4.69, 9.17) is 0 Å². The molecular weight excluding hydrogens is 338 g/mol. The number of carbonyl (C=O) groups is 2. The van der Waals surface area contributed by atoms with Crippen LogP contribution in [0.2, 0.25) is 0 Å². The second-order valence-electron chi connectivity index (χ2n) is 11.6. The van der Waals surface area contributed by atoms with Gasteiger partial charge < -0.3 is 10.4 Å². The molecule has 0 aliphatic carbocycles. The van der Waals surface area contributed by atoms with Gasteiger partial charge in [0.15, 0.2) is 0 Å². The molecule has 0 aliphatic heterocycles. The summed E-state index contributed by atoms with van der Waals surface area (Å²) >= 11 is 0. The Morgan fingerprint density at radius 1 is 0.852 bits per heavy atom. The summed E-state index contributed by atoms with van der Waals surface area (Å²) in [5.74, 6) is -1.36. The first-order valence-electron chi connectivity index (χ1n) is 10.0. The van der Waals surface area contributed by atoms with Gasteiger partial charge in [0.1, 0.15) is 6.04 Å². The first-order valence-corrected chi connectivity index (χ1v) is 10.0. The highest BCUT2D eigenvalue weighted by Crippen LogP contribution is 2.39. The highest BCUT2D eigenvalue weighted by molar-refractivity contribution is 5.87. The van der Waals surface area contributed by atoms with E-state index >= 15 is 0 Å². The number of aliphatic carboxylic acids is 1. The molecule has 0 aromatic rings. The average Bonchev–Trinajstić information content (AvgIpc) is 2.38. The van der Waals surface area contributed by atoms with Gasteiger partial charge >= 0.3 is 5.97 Å². The van der Waals surface area contributed by atoms with E-state index in [1.165, 1.54) is 0 Å². The predicted octanol–water partition coefficient (Wildman–Crippen LogP) is 5.67. The summed E-state index contributed by atoms with van der Waals surface area (Å²) < 4.78 is 0. The maximum atomic E-state index is 12.8. The molecule has 0 heterocycles. The summed E-state index contributed by atoms with van der Waals surface area (Å²) in [7, 11) is 0. The van der Waals surface area contributed by atoms with E-state index in [0.717, 1.165) is 6.42 Å². The van der Waals surface area contributed by atoms with Crippen molar-refractivity contribution in [2.45, 2.75) is 95.0 Å². The summed E-state index contributed by atoms with van der Waals surface area (Å²) in [6.45, 7) is 22.8. The Morgan fingerprint density at radius 2 is 1.26 bits per heavy atom. The van der Waals surface area contributed by atoms with Crippen LogP contribution in [-0.4, -0.2) is 23.0 Å². The highest BCUT2D eigenvalue weighted by atomic mass is 16.4. The molecule has 27 heavy (non-hydrogen) atoms. The van der Waals surface area contributed by atoms with Crippen LogP contribution in [-0.2, 0) is 9.59 Å². The van der Waals surface area contributed by atoms with Gasteiger partial charge in [-0.25, -0.2) is 4.79 Å². The molecule has 0 radical (unpaired) electrons. The number of carboxylic acid groups (broad SMARTS) is 1. The lowest BCUT2D eigenvalue weighted by molar-refractivity contribution is -0.145. The summed E-state index contributed by atoms with van der Waals surface area (Å²) in [5.41, 5.74) is -0.509. The SMILES string of the molecule is CC(C)C(NC(=O)C(C)(C)CC(C)(C)C=CC(C)(C)CC(C)(C)C)C(=O)O. The third-order valence-electron chi connectivity index (χ3n) is 4.70. The normalized spacial score (nSPS) is 15.3. The number of hydrogen-bond acceptors (Lipinski definition) is 2. The fourth-order valence-electron chi connectivity index (χ4n) is 4.01. The molecule has 158 valence electrons. The van der Waals surface area contributed by atoms with Crippen molar-refractivity contribution in [3.8, 4) is 0 Å². The van der Waals surface area contributed by atoms with Gasteiger partial charge in [-0.15, -0.1) is 0 Å². The maximum Gasteiger partial charge on any atom is 0.326 e. The minimum atomic E-state index is -0.989. The van der Waals surface area contributed by atoms with Crippen LogP contribution in [0, 0.1) is 27.6 Å². The van der Waals surface area contributed by atoms with Gasteiger partial charge in [-0.3, -0.25) is 4.79 Å². The molecule has 0 aliphatic rings. The van der Waals surface area contributed by atoms with Crippen molar-refractivity contribution in [1.82, 2.24) is 5.32 Å². The molecule has 1 unspecified atom stereocenters. The van der Waals surface area contributed by atoms with Crippen molar-refractivity contribution < 1.29 is 14.7 Å². The molecule has 0 fully saturated rings. The van der Waals surface area contributed by atoms with Crippen LogP contribution in [0.5, 0.6) is 0 Å². The zero-order valence-corrected chi connectivity index (χ0v) is 19.5. The van der Waals surface area contributed by atoms with E-state index in [1.807, 2.05) is 13.8 Å². The molecule has 0 saturated heterocycles. The van der Waals surface area contributed by atoms with Gasteiger partial charge in [0.2, 0.25) is 5.91 Å². The van der Waals surface area contributed by atoms with E-state index in [1.54, 1.807) is 13.8 Å². The van der Waals surface area contributed by atoms with E-state index < -0.39 is 17.4 Å². The molecule has 0 rings (SSSR count). The number of rotatable bonds is 9.